The smallest absolute Gasteiger partial charge is 0.475 e. The van der Waals surface area contributed by atoms with Gasteiger partial charge in [-0.3, -0.25) is 0 Å². The number of aromatic nitrogens is 3. The van der Waals surface area contributed by atoms with E-state index < -0.39 is 12.1 Å². The van der Waals surface area contributed by atoms with Crippen LogP contribution in [0.25, 0.3) is 0 Å². The first-order chi connectivity index (χ1) is 12.2. The number of rotatable bonds is 4. The van der Waals surface area contributed by atoms with Gasteiger partial charge >= 0.3 is 12.1 Å². The maximum atomic E-state index is 10.6. The van der Waals surface area contributed by atoms with Gasteiger partial charge < -0.3 is 15.0 Å². The molecule has 2 aromatic heterocycles. The average Bonchev–Trinajstić information content (AvgIpc) is 3.18. The van der Waals surface area contributed by atoms with E-state index in [0.717, 1.165) is 31.2 Å². The van der Waals surface area contributed by atoms with Gasteiger partial charge in [-0.25, -0.2) is 4.79 Å². The van der Waals surface area contributed by atoms with E-state index >= 15 is 0 Å². The van der Waals surface area contributed by atoms with Crippen molar-refractivity contribution < 1.29 is 23.1 Å². The number of carbonyl (C=O) groups is 1. The fraction of sp³-hybridized carbons (Fsp3) is 0.562. The number of thiophene rings is 1. The summed E-state index contributed by atoms with van der Waals surface area (Å²) >= 11 is 1.85. The molecule has 3 heterocycles. The Morgan fingerprint density at radius 2 is 2.08 bits per heavy atom. The van der Waals surface area contributed by atoms with Gasteiger partial charge in [0.2, 0.25) is 0 Å². The second kappa shape index (κ2) is 8.63. The topological polar surface area (TPSA) is 80.0 Å². The van der Waals surface area contributed by atoms with Gasteiger partial charge in [0.1, 0.15) is 11.6 Å². The Morgan fingerprint density at radius 3 is 2.65 bits per heavy atom. The molecule has 0 fully saturated rings. The molecule has 0 radical (unpaired) electrons. The number of carboxylic acid groups (broad SMARTS) is 1. The van der Waals surface area contributed by atoms with Crippen LogP contribution < -0.4 is 5.32 Å². The highest BCUT2D eigenvalue weighted by molar-refractivity contribution is 7.11. The quantitative estimate of drug-likeness (QED) is 0.836. The highest BCUT2D eigenvalue weighted by atomic mass is 32.1. The first-order valence-corrected chi connectivity index (χ1v) is 9.01. The second-order valence-corrected chi connectivity index (χ2v) is 7.37. The molecule has 0 aromatic carbocycles. The number of alkyl halides is 3. The molecule has 0 aliphatic carbocycles. The molecule has 1 atom stereocenters. The number of nitrogens with one attached hydrogen (secondary N) is 1. The minimum absolute atomic E-state index is 0.252. The average molecular weight is 390 g/mol. The van der Waals surface area contributed by atoms with Crippen LogP contribution in [0, 0.1) is 6.92 Å². The maximum absolute atomic E-state index is 10.6. The lowest BCUT2D eigenvalue weighted by Crippen LogP contribution is -2.23. The first kappa shape index (κ1) is 20.4. The predicted octanol–water partition coefficient (Wildman–Crippen LogP) is 3.47. The molecule has 3 rings (SSSR count). The molecule has 2 N–H and O–H groups in total. The zero-order chi connectivity index (χ0) is 19.3. The number of aliphatic carboxylic acids is 1. The van der Waals surface area contributed by atoms with E-state index in [4.69, 9.17) is 9.90 Å². The molecule has 0 bridgehead atoms. The molecule has 1 aliphatic rings. The van der Waals surface area contributed by atoms with Crippen LogP contribution in [0.4, 0.5) is 13.2 Å². The van der Waals surface area contributed by atoms with Crippen LogP contribution in [0.3, 0.4) is 0 Å². The Hall–Kier alpha value is -1.94. The summed E-state index contributed by atoms with van der Waals surface area (Å²) in [4.78, 5) is 11.6. The number of hydrogen-bond acceptors (Lipinski definition) is 5. The van der Waals surface area contributed by atoms with Crippen LogP contribution in [-0.2, 0) is 24.3 Å². The number of nitrogens with zero attached hydrogens (tertiary/aromatic N) is 3. The Morgan fingerprint density at radius 1 is 1.38 bits per heavy atom. The van der Waals surface area contributed by atoms with Gasteiger partial charge in [-0.1, -0.05) is 0 Å². The molecule has 0 spiro atoms. The van der Waals surface area contributed by atoms with Crippen molar-refractivity contribution in [2.45, 2.75) is 58.4 Å². The van der Waals surface area contributed by atoms with Crippen molar-refractivity contribution >= 4 is 17.3 Å². The normalized spacial score (nSPS) is 15.0. The van der Waals surface area contributed by atoms with E-state index in [0.29, 0.717) is 0 Å². The Labute approximate surface area is 153 Å². The molecule has 144 valence electrons. The molecule has 10 heteroatoms. The zero-order valence-electron chi connectivity index (χ0n) is 14.5. The van der Waals surface area contributed by atoms with Crippen molar-refractivity contribution in [1.29, 1.82) is 0 Å². The SMILES string of the molecule is Cc1ccc(CNC(C)c2nnc3n2CCCC3)s1.O=C(O)C(F)(F)F. The number of halogens is 3. The second-order valence-electron chi connectivity index (χ2n) is 6.00. The summed E-state index contributed by atoms with van der Waals surface area (Å²) < 4.78 is 34.0. The summed E-state index contributed by atoms with van der Waals surface area (Å²) in [6, 6.07) is 4.62. The Bertz CT molecular complexity index is 742. The molecule has 1 aliphatic heterocycles. The summed E-state index contributed by atoms with van der Waals surface area (Å²) in [7, 11) is 0. The third-order valence-electron chi connectivity index (χ3n) is 3.90. The molecule has 0 amide bonds. The van der Waals surface area contributed by atoms with E-state index in [-0.39, 0.29) is 6.04 Å². The van der Waals surface area contributed by atoms with Crippen molar-refractivity contribution in [3.05, 3.63) is 33.5 Å². The minimum Gasteiger partial charge on any atom is -0.475 e. The number of fused-ring (bicyclic) bond motifs is 1. The van der Waals surface area contributed by atoms with E-state index in [1.54, 1.807) is 0 Å². The lowest BCUT2D eigenvalue weighted by Gasteiger charge is -2.18. The number of hydrogen-bond donors (Lipinski definition) is 2. The van der Waals surface area contributed by atoms with Crippen molar-refractivity contribution in [3.63, 3.8) is 0 Å². The highest BCUT2D eigenvalue weighted by Gasteiger charge is 2.38. The van der Waals surface area contributed by atoms with Crippen LogP contribution in [-0.4, -0.2) is 32.0 Å². The largest absolute Gasteiger partial charge is 0.490 e. The van der Waals surface area contributed by atoms with Gasteiger partial charge in [0.15, 0.2) is 0 Å². The Balaban J connectivity index is 0.000000298. The fourth-order valence-corrected chi connectivity index (χ4v) is 3.42. The van der Waals surface area contributed by atoms with E-state index in [9.17, 15) is 13.2 Å². The van der Waals surface area contributed by atoms with Gasteiger partial charge in [0.05, 0.1) is 6.04 Å². The van der Waals surface area contributed by atoms with Crippen molar-refractivity contribution in [2.75, 3.05) is 0 Å². The molecule has 1 unspecified atom stereocenters. The van der Waals surface area contributed by atoms with E-state index in [1.807, 2.05) is 11.3 Å². The summed E-state index contributed by atoms with van der Waals surface area (Å²) in [5, 5.41) is 19.4. The number of aryl methyl sites for hydroxylation is 2. The lowest BCUT2D eigenvalue weighted by atomic mass is 10.1. The molecular formula is C16H21F3N4O2S. The summed E-state index contributed by atoms with van der Waals surface area (Å²) in [5.74, 6) is -0.516. The third-order valence-corrected chi connectivity index (χ3v) is 4.90. The molecule has 6 nitrogen and oxygen atoms in total. The third kappa shape index (κ3) is 5.53. The van der Waals surface area contributed by atoms with Gasteiger partial charge in [-0.2, -0.15) is 13.2 Å². The molecule has 2 aromatic rings. The standard InChI is InChI=1S/C14H20N4S.C2HF3O2/c1-10-6-7-12(19-10)9-15-11(2)14-17-16-13-5-3-4-8-18(13)14;3-2(4,5)1(6)7/h6-7,11,15H,3-5,8-9H2,1-2H3;(H,6,7). The van der Waals surface area contributed by atoms with Crippen LogP contribution in [0.15, 0.2) is 12.1 Å². The molecular weight excluding hydrogens is 369 g/mol. The molecule has 0 saturated carbocycles. The Kier molecular flexibility index (Phi) is 6.76. The van der Waals surface area contributed by atoms with Gasteiger partial charge in [-0.05, 0) is 38.8 Å². The van der Waals surface area contributed by atoms with Crippen LogP contribution in [0.2, 0.25) is 0 Å². The maximum Gasteiger partial charge on any atom is 0.490 e. The predicted molar refractivity (Wildman–Crippen MR) is 91.0 cm³/mol. The fourth-order valence-electron chi connectivity index (χ4n) is 2.58. The van der Waals surface area contributed by atoms with Crippen LogP contribution in [0.5, 0.6) is 0 Å². The zero-order valence-corrected chi connectivity index (χ0v) is 15.3. The molecule has 26 heavy (non-hydrogen) atoms. The summed E-state index contributed by atoms with van der Waals surface area (Å²) in [6.45, 7) is 6.29. The van der Waals surface area contributed by atoms with E-state index in [2.05, 4.69) is 46.1 Å². The lowest BCUT2D eigenvalue weighted by molar-refractivity contribution is -0.192. The van der Waals surface area contributed by atoms with Crippen molar-refractivity contribution in [2.24, 2.45) is 0 Å². The van der Waals surface area contributed by atoms with Crippen LogP contribution >= 0.6 is 11.3 Å². The van der Waals surface area contributed by atoms with Gasteiger partial charge in [0.25, 0.3) is 0 Å². The first-order valence-electron chi connectivity index (χ1n) is 8.19. The van der Waals surface area contributed by atoms with Crippen molar-refractivity contribution in [1.82, 2.24) is 20.1 Å². The van der Waals surface area contributed by atoms with Gasteiger partial charge in [-0.15, -0.1) is 21.5 Å². The number of carboxylic acids is 1. The minimum atomic E-state index is -5.08. The van der Waals surface area contributed by atoms with Crippen LogP contribution in [0.1, 0.15) is 47.2 Å². The van der Waals surface area contributed by atoms with E-state index in [1.165, 1.54) is 22.6 Å². The summed E-state index contributed by atoms with van der Waals surface area (Å²) in [6.07, 6.45) is -1.52. The monoisotopic (exact) mass is 390 g/mol. The molecule has 0 saturated heterocycles. The van der Waals surface area contributed by atoms with Crippen molar-refractivity contribution in [3.8, 4) is 0 Å². The summed E-state index contributed by atoms with van der Waals surface area (Å²) in [5.41, 5.74) is 0. The highest BCUT2D eigenvalue weighted by Crippen LogP contribution is 2.20. The van der Waals surface area contributed by atoms with Gasteiger partial charge in [0, 0.05) is 29.3 Å².